The molecule has 6 heteroatoms. The van der Waals surface area contributed by atoms with Gasteiger partial charge >= 0.3 is 5.97 Å². The number of carbonyl (C=O) groups is 2. The Labute approximate surface area is 97.0 Å². The minimum atomic E-state index is -1.04. The van der Waals surface area contributed by atoms with E-state index in [1.54, 1.807) is 19.2 Å². The Morgan fingerprint density at radius 2 is 2.19 bits per heavy atom. The van der Waals surface area contributed by atoms with Gasteiger partial charge in [-0.1, -0.05) is 0 Å². The molecular weight excluding hydrogens is 230 g/mol. The average molecular weight is 243 g/mol. The summed E-state index contributed by atoms with van der Waals surface area (Å²) in [6.07, 6.45) is -0.610. The van der Waals surface area contributed by atoms with E-state index in [4.69, 9.17) is 9.84 Å². The SMILES string of the molecule is COC(C)C(=O)Nc1c(C)csc1C(=O)O. The van der Waals surface area contributed by atoms with E-state index in [-0.39, 0.29) is 10.8 Å². The van der Waals surface area contributed by atoms with E-state index in [1.165, 1.54) is 7.11 Å². The normalized spacial score (nSPS) is 12.2. The Hall–Kier alpha value is -1.40. The molecule has 0 saturated carbocycles. The molecule has 1 aromatic heterocycles. The van der Waals surface area contributed by atoms with Crippen molar-refractivity contribution in [2.75, 3.05) is 12.4 Å². The number of nitrogens with one attached hydrogen (secondary N) is 1. The molecule has 2 N–H and O–H groups in total. The van der Waals surface area contributed by atoms with Crippen LogP contribution in [-0.4, -0.2) is 30.2 Å². The second kappa shape index (κ2) is 5.09. The molecule has 0 aliphatic carbocycles. The predicted octanol–water partition coefficient (Wildman–Crippen LogP) is 1.73. The van der Waals surface area contributed by atoms with Crippen LogP contribution in [0.3, 0.4) is 0 Å². The summed E-state index contributed by atoms with van der Waals surface area (Å²) < 4.78 is 4.84. The highest BCUT2D eigenvalue weighted by Crippen LogP contribution is 2.27. The van der Waals surface area contributed by atoms with Crippen LogP contribution in [-0.2, 0) is 9.53 Å². The molecule has 0 bridgehead atoms. The number of hydrogen-bond acceptors (Lipinski definition) is 4. The van der Waals surface area contributed by atoms with Crippen molar-refractivity contribution < 1.29 is 19.4 Å². The molecule has 0 aliphatic rings. The Kier molecular flexibility index (Phi) is 4.03. The number of carboxylic acid groups (broad SMARTS) is 1. The van der Waals surface area contributed by atoms with E-state index in [1.807, 2.05) is 0 Å². The molecule has 16 heavy (non-hydrogen) atoms. The topological polar surface area (TPSA) is 75.6 Å². The number of ether oxygens (including phenoxy) is 1. The largest absolute Gasteiger partial charge is 0.477 e. The summed E-state index contributed by atoms with van der Waals surface area (Å²) in [6, 6.07) is 0. The van der Waals surface area contributed by atoms with Crippen molar-refractivity contribution >= 4 is 28.9 Å². The first-order valence-electron chi connectivity index (χ1n) is 4.62. The lowest BCUT2D eigenvalue weighted by Gasteiger charge is -2.10. The molecule has 88 valence electrons. The Morgan fingerprint density at radius 3 is 2.69 bits per heavy atom. The molecule has 0 spiro atoms. The zero-order valence-electron chi connectivity index (χ0n) is 9.23. The molecule has 1 amide bonds. The first-order chi connectivity index (χ1) is 7.47. The van der Waals surface area contributed by atoms with Gasteiger partial charge in [-0.2, -0.15) is 0 Å². The third-order valence-corrected chi connectivity index (χ3v) is 3.23. The first kappa shape index (κ1) is 12.7. The molecule has 0 aromatic carbocycles. The number of carbonyl (C=O) groups excluding carboxylic acids is 1. The zero-order valence-corrected chi connectivity index (χ0v) is 10.1. The summed E-state index contributed by atoms with van der Waals surface area (Å²) in [7, 11) is 1.42. The van der Waals surface area contributed by atoms with Crippen molar-refractivity contribution in [3.05, 3.63) is 15.8 Å². The standard InChI is InChI=1S/C10H13NO4S/c1-5-4-16-8(10(13)14)7(5)11-9(12)6(2)15-3/h4,6H,1-3H3,(H,11,12)(H,13,14). The molecule has 0 saturated heterocycles. The molecule has 1 aromatic rings. The number of aryl methyl sites for hydroxylation is 1. The summed E-state index contributed by atoms with van der Waals surface area (Å²) in [5, 5.41) is 13.2. The molecule has 0 aliphatic heterocycles. The number of rotatable bonds is 4. The van der Waals surface area contributed by atoms with Gasteiger partial charge < -0.3 is 15.2 Å². The van der Waals surface area contributed by atoms with Crippen LogP contribution in [0.1, 0.15) is 22.2 Å². The number of amides is 1. The summed E-state index contributed by atoms with van der Waals surface area (Å²) in [5.74, 6) is -1.40. The van der Waals surface area contributed by atoms with Crippen molar-refractivity contribution in [3.8, 4) is 0 Å². The number of aromatic carboxylic acids is 1. The molecule has 0 radical (unpaired) electrons. The maximum Gasteiger partial charge on any atom is 0.348 e. The van der Waals surface area contributed by atoms with Crippen molar-refractivity contribution in [1.29, 1.82) is 0 Å². The second-order valence-electron chi connectivity index (χ2n) is 3.30. The van der Waals surface area contributed by atoms with Crippen LogP contribution in [0.2, 0.25) is 0 Å². The van der Waals surface area contributed by atoms with E-state index in [2.05, 4.69) is 5.32 Å². The molecule has 0 fully saturated rings. The number of methoxy groups -OCH3 is 1. The maximum absolute atomic E-state index is 11.5. The number of hydrogen-bond donors (Lipinski definition) is 2. The van der Waals surface area contributed by atoms with Gasteiger partial charge in [0.2, 0.25) is 0 Å². The van der Waals surface area contributed by atoms with Gasteiger partial charge in [0, 0.05) is 7.11 Å². The Bertz CT molecular complexity index is 413. The van der Waals surface area contributed by atoms with Gasteiger partial charge in [0.25, 0.3) is 5.91 Å². The van der Waals surface area contributed by atoms with Gasteiger partial charge in [-0.25, -0.2) is 4.79 Å². The van der Waals surface area contributed by atoms with Gasteiger partial charge in [0.15, 0.2) is 0 Å². The van der Waals surface area contributed by atoms with Crippen LogP contribution < -0.4 is 5.32 Å². The second-order valence-corrected chi connectivity index (χ2v) is 4.17. The lowest BCUT2D eigenvalue weighted by molar-refractivity contribution is -0.124. The van der Waals surface area contributed by atoms with Crippen LogP contribution in [0.5, 0.6) is 0 Å². The summed E-state index contributed by atoms with van der Waals surface area (Å²) >= 11 is 1.09. The highest BCUT2D eigenvalue weighted by molar-refractivity contribution is 7.12. The summed E-state index contributed by atoms with van der Waals surface area (Å²) in [5.41, 5.74) is 1.09. The van der Waals surface area contributed by atoms with Gasteiger partial charge in [-0.15, -0.1) is 11.3 Å². The van der Waals surface area contributed by atoms with Gasteiger partial charge in [0.1, 0.15) is 11.0 Å². The average Bonchev–Trinajstić information content (AvgIpc) is 2.59. The fourth-order valence-corrected chi connectivity index (χ4v) is 1.93. The molecule has 5 nitrogen and oxygen atoms in total. The lowest BCUT2D eigenvalue weighted by atomic mass is 10.2. The molecular formula is C10H13NO4S. The van der Waals surface area contributed by atoms with Crippen molar-refractivity contribution in [2.24, 2.45) is 0 Å². The monoisotopic (exact) mass is 243 g/mol. The summed E-state index contributed by atoms with van der Waals surface area (Å²) in [4.78, 5) is 22.6. The minimum absolute atomic E-state index is 0.133. The molecule has 1 unspecified atom stereocenters. The van der Waals surface area contributed by atoms with Crippen LogP contribution in [0.25, 0.3) is 0 Å². The molecule has 1 heterocycles. The van der Waals surface area contributed by atoms with Gasteiger partial charge in [-0.3, -0.25) is 4.79 Å². The fourth-order valence-electron chi connectivity index (χ4n) is 1.09. The quantitative estimate of drug-likeness (QED) is 0.844. The van der Waals surface area contributed by atoms with Crippen LogP contribution in [0.15, 0.2) is 5.38 Å². The van der Waals surface area contributed by atoms with Crippen molar-refractivity contribution in [2.45, 2.75) is 20.0 Å². The van der Waals surface area contributed by atoms with Crippen molar-refractivity contribution in [3.63, 3.8) is 0 Å². The smallest absolute Gasteiger partial charge is 0.348 e. The highest BCUT2D eigenvalue weighted by atomic mass is 32.1. The Balaban J connectivity index is 2.92. The van der Waals surface area contributed by atoms with Gasteiger partial charge in [-0.05, 0) is 24.8 Å². The fraction of sp³-hybridized carbons (Fsp3) is 0.400. The maximum atomic E-state index is 11.5. The third kappa shape index (κ3) is 2.59. The van der Waals surface area contributed by atoms with E-state index in [9.17, 15) is 9.59 Å². The zero-order chi connectivity index (χ0) is 12.3. The van der Waals surface area contributed by atoms with E-state index in [0.29, 0.717) is 5.69 Å². The number of carboxylic acids is 1. The van der Waals surface area contributed by atoms with E-state index >= 15 is 0 Å². The molecule has 1 rings (SSSR count). The molecule has 1 atom stereocenters. The van der Waals surface area contributed by atoms with Crippen LogP contribution >= 0.6 is 11.3 Å². The van der Waals surface area contributed by atoms with Crippen LogP contribution in [0.4, 0.5) is 5.69 Å². The summed E-state index contributed by atoms with van der Waals surface area (Å²) in [6.45, 7) is 3.34. The number of thiophene rings is 1. The first-order valence-corrected chi connectivity index (χ1v) is 5.50. The van der Waals surface area contributed by atoms with E-state index in [0.717, 1.165) is 16.9 Å². The lowest BCUT2D eigenvalue weighted by Crippen LogP contribution is -2.27. The Morgan fingerprint density at radius 1 is 1.56 bits per heavy atom. The minimum Gasteiger partial charge on any atom is -0.477 e. The van der Waals surface area contributed by atoms with Gasteiger partial charge in [0.05, 0.1) is 5.69 Å². The highest BCUT2D eigenvalue weighted by Gasteiger charge is 2.19. The third-order valence-electron chi connectivity index (χ3n) is 2.14. The number of anilines is 1. The van der Waals surface area contributed by atoms with Crippen LogP contribution in [0, 0.1) is 6.92 Å². The predicted molar refractivity (Wildman–Crippen MR) is 61.1 cm³/mol. The van der Waals surface area contributed by atoms with E-state index < -0.39 is 12.1 Å². The van der Waals surface area contributed by atoms with Crippen molar-refractivity contribution in [1.82, 2.24) is 0 Å².